The van der Waals surface area contributed by atoms with Crippen molar-refractivity contribution in [1.29, 1.82) is 0 Å². The zero-order valence-corrected chi connectivity index (χ0v) is 20.2. The molecule has 0 spiro atoms. The third-order valence-corrected chi connectivity index (χ3v) is 7.62. The molecule has 5 rings (SSSR count). The van der Waals surface area contributed by atoms with E-state index in [1.165, 1.54) is 11.3 Å². The molecule has 1 aromatic heterocycles. The molecule has 1 fully saturated rings. The Kier molecular flexibility index (Phi) is 6.73. The first-order chi connectivity index (χ1) is 16.9. The molecule has 4 aromatic rings. The van der Waals surface area contributed by atoms with Gasteiger partial charge in [-0.15, -0.1) is 11.3 Å². The van der Waals surface area contributed by atoms with Crippen molar-refractivity contribution in [2.45, 2.75) is 12.8 Å². The summed E-state index contributed by atoms with van der Waals surface area (Å²) in [6.07, 6.45) is -1.48. The fourth-order valence-electron chi connectivity index (χ4n) is 4.16. The average Bonchev–Trinajstić information content (AvgIpc) is 3.16. The lowest BCUT2D eigenvalue weighted by molar-refractivity contribution is -0.0233. The predicted octanol–water partition coefficient (Wildman–Crippen LogP) is 7.02. The molecule has 0 aliphatic carbocycles. The Bertz CT molecular complexity index is 1370. The van der Waals surface area contributed by atoms with Crippen LogP contribution in [0, 0.1) is 5.92 Å². The van der Waals surface area contributed by atoms with E-state index in [4.69, 9.17) is 16.3 Å². The van der Waals surface area contributed by atoms with Crippen LogP contribution in [0.15, 0.2) is 66.7 Å². The van der Waals surface area contributed by atoms with Gasteiger partial charge in [0.1, 0.15) is 16.4 Å². The van der Waals surface area contributed by atoms with Crippen LogP contribution in [-0.4, -0.2) is 41.8 Å². The molecule has 180 valence electrons. The second-order valence-corrected chi connectivity index (χ2v) is 10.1. The van der Waals surface area contributed by atoms with Crippen LogP contribution < -0.4 is 4.74 Å². The minimum atomic E-state index is -2.24. The number of aromatic hydroxyl groups is 1. The Morgan fingerprint density at radius 1 is 1.11 bits per heavy atom. The van der Waals surface area contributed by atoms with Gasteiger partial charge in [-0.3, -0.25) is 4.79 Å². The van der Waals surface area contributed by atoms with Crippen molar-refractivity contribution in [3.05, 3.63) is 87.8 Å². The fraction of sp³-hybridized carbons (Fsp3) is 0.222. The number of thiophene rings is 1. The number of phenolic OH excluding ortho intramolecular Hbond substituents is 1. The van der Waals surface area contributed by atoms with E-state index in [9.17, 15) is 18.7 Å². The Morgan fingerprint density at radius 2 is 1.86 bits per heavy atom. The summed E-state index contributed by atoms with van der Waals surface area (Å²) in [4.78, 5) is 15.8. The molecule has 0 saturated carbocycles. The van der Waals surface area contributed by atoms with E-state index in [0.717, 1.165) is 28.6 Å². The Morgan fingerprint density at radius 3 is 2.57 bits per heavy atom. The van der Waals surface area contributed by atoms with Crippen LogP contribution >= 0.6 is 22.9 Å². The number of rotatable bonds is 8. The second kappa shape index (κ2) is 9.93. The minimum absolute atomic E-state index is 0.105. The van der Waals surface area contributed by atoms with Gasteiger partial charge in [0.05, 0.1) is 5.02 Å². The number of phenols is 1. The van der Waals surface area contributed by atoms with Crippen LogP contribution in [0.3, 0.4) is 0 Å². The lowest BCUT2D eigenvalue weighted by Gasteiger charge is -2.38. The first kappa shape index (κ1) is 23.7. The lowest BCUT2D eigenvalue weighted by atomic mass is 10.00. The van der Waals surface area contributed by atoms with Crippen LogP contribution in [0.25, 0.3) is 10.1 Å². The highest BCUT2D eigenvalue weighted by Crippen LogP contribution is 2.43. The van der Waals surface area contributed by atoms with Crippen LogP contribution in [0.5, 0.6) is 17.2 Å². The summed E-state index contributed by atoms with van der Waals surface area (Å²) < 4.78 is 32.2. The minimum Gasteiger partial charge on any atom is -0.508 e. The van der Waals surface area contributed by atoms with Gasteiger partial charge in [-0.2, -0.15) is 0 Å². The Balaban J connectivity index is 1.36. The number of halogens is 3. The molecule has 8 heteroatoms. The molecule has 3 aromatic carbocycles. The summed E-state index contributed by atoms with van der Waals surface area (Å²) in [5.74, 6) is 0.335. The van der Waals surface area contributed by atoms with Crippen LogP contribution in [0.4, 0.5) is 8.78 Å². The number of hydrogen-bond donors (Lipinski definition) is 1. The Hall–Kier alpha value is -3.00. The van der Waals surface area contributed by atoms with Crippen molar-refractivity contribution in [2.24, 2.45) is 5.92 Å². The molecule has 0 atom stereocenters. The standard InChI is InChI=1S/C27H22ClF2NO3S/c28-22-4-2-1-3-20(22)24(33)26-25(21-10-7-18(32)13-23(21)35-26)34-19-8-5-16(6-9-19)11-12-31-14-17(15-31)27(29)30/h1-10,13,17,27,32H,11-12,14-15H2. The van der Waals surface area contributed by atoms with E-state index in [0.29, 0.717) is 40.1 Å². The van der Waals surface area contributed by atoms with Gasteiger partial charge in [-0.25, -0.2) is 8.78 Å². The van der Waals surface area contributed by atoms with E-state index in [-0.39, 0.29) is 11.5 Å². The van der Waals surface area contributed by atoms with Crippen molar-refractivity contribution in [3.8, 4) is 17.2 Å². The normalized spacial score (nSPS) is 14.4. The number of fused-ring (bicyclic) bond motifs is 1. The van der Waals surface area contributed by atoms with Crippen LogP contribution in [0.2, 0.25) is 5.02 Å². The van der Waals surface area contributed by atoms with Gasteiger partial charge >= 0.3 is 0 Å². The molecule has 1 N–H and O–H groups in total. The van der Waals surface area contributed by atoms with Gasteiger partial charge in [0.25, 0.3) is 0 Å². The summed E-state index contributed by atoms with van der Waals surface area (Å²) in [5.41, 5.74) is 1.45. The molecular formula is C27H22ClF2NO3S. The quantitative estimate of drug-likeness (QED) is 0.257. The fourth-order valence-corrected chi connectivity index (χ4v) is 5.50. The number of carbonyl (C=O) groups excluding carboxylic acids is 1. The number of likely N-dealkylation sites (tertiary alicyclic amines) is 1. The number of ether oxygens (including phenoxy) is 1. The van der Waals surface area contributed by atoms with E-state index < -0.39 is 12.3 Å². The molecule has 1 aliphatic rings. The van der Waals surface area contributed by atoms with Crippen molar-refractivity contribution >= 4 is 38.8 Å². The van der Waals surface area contributed by atoms with Crippen molar-refractivity contribution in [3.63, 3.8) is 0 Å². The molecule has 4 nitrogen and oxygen atoms in total. The zero-order valence-electron chi connectivity index (χ0n) is 18.6. The first-order valence-corrected chi connectivity index (χ1v) is 12.4. The highest BCUT2D eigenvalue weighted by Gasteiger charge is 2.33. The van der Waals surface area contributed by atoms with Gasteiger partial charge in [0.15, 0.2) is 5.75 Å². The van der Waals surface area contributed by atoms with Gasteiger partial charge in [0, 0.05) is 41.2 Å². The highest BCUT2D eigenvalue weighted by molar-refractivity contribution is 7.21. The maximum atomic E-state index is 13.4. The maximum Gasteiger partial charge on any atom is 0.243 e. The number of ketones is 1. The second-order valence-electron chi connectivity index (χ2n) is 8.60. The van der Waals surface area contributed by atoms with Crippen molar-refractivity contribution in [2.75, 3.05) is 19.6 Å². The third kappa shape index (κ3) is 5.03. The molecule has 1 saturated heterocycles. The molecule has 0 amide bonds. The highest BCUT2D eigenvalue weighted by atomic mass is 35.5. The molecule has 0 unspecified atom stereocenters. The summed E-state index contributed by atoms with van der Waals surface area (Å²) in [6, 6.07) is 19.3. The average molecular weight is 514 g/mol. The lowest BCUT2D eigenvalue weighted by Crippen LogP contribution is -2.50. The van der Waals surface area contributed by atoms with E-state index in [1.807, 2.05) is 29.2 Å². The number of carbonyl (C=O) groups is 1. The number of alkyl halides is 2. The SMILES string of the molecule is O=C(c1ccccc1Cl)c1sc2cc(O)ccc2c1Oc1ccc(CCN2CC(C(F)F)C2)cc1. The molecule has 35 heavy (non-hydrogen) atoms. The zero-order chi connectivity index (χ0) is 24.5. The molecule has 1 aliphatic heterocycles. The summed E-state index contributed by atoms with van der Waals surface area (Å²) in [5, 5.41) is 11.0. The number of hydrogen-bond acceptors (Lipinski definition) is 5. The monoisotopic (exact) mass is 513 g/mol. The van der Waals surface area contributed by atoms with E-state index >= 15 is 0 Å². The van der Waals surface area contributed by atoms with E-state index in [2.05, 4.69) is 0 Å². The van der Waals surface area contributed by atoms with Crippen molar-refractivity contribution < 1.29 is 23.4 Å². The predicted molar refractivity (Wildman–Crippen MR) is 135 cm³/mol. The van der Waals surface area contributed by atoms with E-state index in [1.54, 1.807) is 42.5 Å². The van der Waals surface area contributed by atoms with Crippen molar-refractivity contribution in [1.82, 2.24) is 4.90 Å². The molecular weight excluding hydrogens is 492 g/mol. The number of nitrogens with zero attached hydrogens (tertiary/aromatic N) is 1. The topological polar surface area (TPSA) is 49.8 Å². The summed E-state index contributed by atoms with van der Waals surface area (Å²) in [6.45, 7) is 1.63. The van der Waals surface area contributed by atoms with Gasteiger partial charge in [0.2, 0.25) is 12.2 Å². The smallest absolute Gasteiger partial charge is 0.243 e. The maximum absolute atomic E-state index is 13.4. The van der Waals surface area contributed by atoms with Gasteiger partial charge in [-0.05, 0) is 54.4 Å². The molecule has 0 radical (unpaired) electrons. The largest absolute Gasteiger partial charge is 0.508 e. The number of benzene rings is 3. The van der Waals surface area contributed by atoms with Crippen LogP contribution in [0.1, 0.15) is 20.8 Å². The first-order valence-electron chi connectivity index (χ1n) is 11.2. The Labute approximate surface area is 210 Å². The summed E-state index contributed by atoms with van der Waals surface area (Å²) >= 11 is 7.52. The molecule has 2 heterocycles. The van der Waals surface area contributed by atoms with Gasteiger partial charge < -0.3 is 14.7 Å². The third-order valence-electron chi connectivity index (χ3n) is 6.15. The van der Waals surface area contributed by atoms with Gasteiger partial charge in [-0.1, -0.05) is 35.9 Å². The van der Waals surface area contributed by atoms with Crippen LogP contribution in [-0.2, 0) is 6.42 Å². The molecule has 0 bridgehead atoms. The summed E-state index contributed by atoms with van der Waals surface area (Å²) in [7, 11) is 0.